The van der Waals surface area contributed by atoms with Gasteiger partial charge in [0, 0.05) is 35.3 Å². The summed E-state index contributed by atoms with van der Waals surface area (Å²) < 4.78 is 0. The van der Waals surface area contributed by atoms with E-state index < -0.39 is 0 Å². The maximum atomic E-state index is 3.71. The maximum Gasteiger partial charge on any atom is 0.316 e. The zero-order chi connectivity index (χ0) is 16.8. The first-order valence-corrected chi connectivity index (χ1v) is 8.15. The van der Waals surface area contributed by atoms with Crippen LogP contribution in [0.15, 0.2) is 86.0 Å². The second-order valence-electron chi connectivity index (χ2n) is 5.75. The van der Waals surface area contributed by atoms with Crippen LogP contribution < -0.4 is 0 Å². The highest BCUT2D eigenvalue weighted by molar-refractivity contribution is 5.80. The molecule has 2 aromatic heterocycles. The molecule has 0 spiro atoms. The third-order valence-electron chi connectivity index (χ3n) is 3.90. The first-order valence-electron chi connectivity index (χ1n) is 8.15. The lowest BCUT2D eigenvalue weighted by Crippen LogP contribution is -1.76. The van der Waals surface area contributed by atoms with Crippen LogP contribution in [0.25, 0.3) is 21.8 Å². The van der Waals surface area contributed by atoms with E-state index in [2.05, 4.69) is 59.5 Å². The number of aromatic amines is 2. The van der Waals surface area contributed by atoms with Gasteiger partial charge in [-0.2, -0.15) is 0 Å². The number of rotatable bonds is 4. The standard InChI is InChI=1S/2C11H11N.Mg.2H/c2*1-2-5-10-8-9-6-3-4-7-11(9)12-10;;;/h2*2-4,6-8,12H,1,5H2;;;. The molecule has 25 heavy (non-hydrogen) atoms. The van der Waals surface area contributed by atoms with E-state index >= 15 is 0 Å². The minimum absolute atomic E-state index is 0. The summed E-state index contributed by atoms with van der Waals surface area (Å²) in [7, 11) is 0. The lowest BCUT2D eigenvalue weighted by atomic mass is 10.2. The normalized spacial score (nSPS) is 9.92. The smallest absolute Gasteiger partial charge is 0.316 e. The number of allylic oxidation sites excluding steroid dienone is 2. The van der Waals surface area contributed by atoms with Gasteiger partial charge in [0.15, 0.2) is 0 Å². The van der Waals surface area contributed by atoms with Crippen LogP contribution in [0.2, 0.25) is 0 Å². The molecule has 4 aromatic rings. The topological polar surface area (TPSA) is 31.6 Å². The number of benzene rings is 2. The summed E-state index contributed by atoms with van der Waals surface area (Å²) in [5.74, 6) is 0. The summed E-state index contributed by atoms with van der Waals surface area (Å²) in [5, 5.41) is 2.55. The molecule has 0 radical (unpaired) electrons. The van der Waals surface area contributed by atoms with E-state index in [4.69, 9.17) is 0 Å². The van der Waals surface area contributed by atoms with Crippen LogP contribution in [-0.2, 0) is 12.8 Å². The summed E-state index contributed by atoms with van der Waals surface area (Å²) in [6, 6.07) is 20.9. The molecule has 2 nitrogen and oxygen atoms in total. The Kier molecular flexibility index (Phi) is 7.11. The van der Waals surface area contributed by atoms with E-state index in [1.54, 1.807) is 0 Å². The highest BCUT2D eigenvalue weighted by atomic mass is 24.3. The van der Waals surface area contributed by atoms with Gasteiger partial charge in [-0.05, 0) is 35.0 Å². The zero-order valence-electron chi connectivity index (χ0n) is 13.8. The molecule has 0 bridgehead atoms. The second-order valence-corrected chi connectivity index (χ2v) is 5.75. The van der Waals surface area contributed by atoms with Crippen LogP contribution in [0.1, 0.15) is 11.4 Å². The molecule has 2 heterocycles. The molecule has 0 aliphatic carbocycles. The van der Waals surface area contributed by atoms with Crippen molar-refractivity contribution in [3.05, 3.63) is 97.4 Å². The third kappa shape index (κ3) is 4.88. The highest BCUT2D eigenvalue weighted by Gasteiger charge is 1.97. The molecular formula is C22H24MgN2. The van der Waals surface area contributed by atoms with E-state index in [-0.39, 0.29) is 23.1 Å². The van der Waals surface area contributed by atoms with Crippen LogP contribution in [-0.4, -0.2) is 33.0 Å². The van der Waals surface area contributed by atoms with Crippen LogP contribution in [0, 0.1) is 0 Å². The van der Waals surface area contributed by atoms with Gasteiger partial charge in [0.1, 0.15) is 0 Å². The number of para-hydroxylation sites is 2. The van der Waals surface area contributed by atoms with Crippen molar-refractivity contribution in [2.45, 2.75) is 12.8 Å². The molecule has 0 saturated heterocycles. The van der Waals surface area contributed by atoms with Crippen molar-refractivity contribution in [2.24, 2.45) is 0 Å². The molecule has 0 aliphatic rings. The zero-order valence-corrected chi connectivity index (χ0v) is 13.8. The average molecular weight is 341 g/mol. The summed E-state index contributed by atoms with van der Waals surface area (Å²) in [6.07, 6.45) is 5.64. The second kappa shape index (κ2) is 9.30. The Labute approximate surface area is 164 Å². The average Bonchev–Trinajstić information content (AvgIpc) is 3.18. The monoisotopic (exact) mass is 340 g/mol. The SMILES string of the molecule is C=CCc1cc2ccccc2[nH]1.C=CCc1cc2ccccc2[nH]1.[MgH2]. The fraction of sp³-hybridized carbons (Fsp3) is 0.0909. The van der Waals surface area contributed by atoms with Crippen molar-refractivity contribution in [1.82, 2.24) is 9.97 Å². The highest BCUT2D eigenvalue weighted by Crippen LogP contribution is 2.15. The van der Waals surface area contributed by atoms with E-state index in [9.17, 15) is 0 Å². The van der Waals surface area contributed by atoms with Crippen LogP contribution in [0.4, 0.5) is 0 Å². The van der Waals surface area contributed by atoms with Gasteiger partial charge < -0.3 is 9.97 Å². The van der Waals surface area contributed by atoms with E-state index in [1.165, 1.54) is 33.2 Å². The van der Waals surface area contributed by atoms with E-state index in [0.717, 1.165) is 12.8 Å². The largest absolute Gasteiger partial charge is 0.358 e. The minimum atomic E-state index is 0. The maximum absolute atomic E-state index is 3.71. The Morgan fingerprint density at radius 3 is 1.44 bits per heavy atom. The van der Waals surface area contributed by atoms with Crippen molar-refractivity contribution in [3.63, 3.8) is 0 Å². The molecule has 2 aromatic carbocycles. The summed E-state index contributed by atoms with van der Waals surface area (Å²) in [6.45, 7) is 7.41. The van der Waals surface area contributed by atoms with E-state index in [0.29, 0.717) is 0 Å². The van der Waals surface area contributed by atoms with Crippen LogP contribution in [0.5, 0.6) is 0 Å². The molecule has 0 atom stereocenters. The number of fused-ring (bicyclic) bond motifs is 2. The van der Waals surface area contributed by atoms with Gasteiger partial charge in [0.25, 0.3) is 0 Å². The minimum Gasteiger partial charge on any atom is -0.358 e. The predicted molar refractivity (Wildman–Crippen MR) is 113 cm³/mol. The van der Waals surface area contributed by atoms with Crippen molar-refractivity contribution in [3.8, 4) is 0 Å². The molecular weight excluding hydrogens is 317 g/mol. The number of H-pyrrole nitrogens is 2. The first-order chi connectivity index (χ1) is 11.8. The van der Waals surface area contributed by atoms with Crippen molar-refractivity contribution < 1.29 is 0 Å². The molecule has 0 amide bonds. The molecule has 0 unspecified atom stereocenters. The molecule has 2 N–H and O–H groups in total. The van der Waals surface area contributed by atoms with Crippen LogP contribution in [0.3, 0.4) is 0 Å². The van der Waals surface area contributed by atoms with Gasteiger partial charge in [-0.25, -0.2) is 0 Å². The van der Waals surface area contributed by atoms with Gasteiger partial charge in [0.2, 0.25) is 0 Å². The fourth-order valence-corrected chi connectivity index (χ4v) is 2.80. The molecule has 4 rings (SSSR count). The van der Waals surface area contributed by atoms with Crippen molar-refractivity contribution in [2.75, 3.05) is 0 Å². The lowest BCUT2D eigenvalue weighted by Gasteiger charge is -1.86. The lowest BCUT2D eigenvalue weighted by molar-refractivity contribution is 1.17. The van der Waals surface area contributed by atoms with Gasteiger partial charge in [-0.3, -0.25) is 0 Å². The Morgan fingerprint density at radius 1 is 0.680 bits per heavy atom. The summed E-state index contributed by atoms with van der Waals surface area (Å²) >= 11 is 0. The summed E-state index contributed by atoms with van der Waals surface area (Å²) in [4.78, 5) is 6.65. The number of nitrogens with one attached hydrogen (secondary N) is 2. The van der Waals surface area contributed by atoms with E-state index in [1.807, 2.05) is 36.4 Å². The molecule has 3 heteroatoms. The Bertz CT molecular complexity index is 816. The van der Waals surface area contributed by atoms with Crippen molar-refractivity contribution in [1.29, 1.82) is 0 Å². The fourth-order valence-electron chi connectivity index (χ4n) is 2.80. The number of aromatic nitrogens is 2. The molecule has 0 fully saturated rings. The Balaban J connectivity index is 0.000000173. The predicted octanol–water partition coefficient (Wildman–Crippen LogP) is 4.88. The molecule has 0 saturated carbocycles. The quantitative estimate of drug-likeness (QED) is 0.392. The van der Waals surface area contributed by atoms with Gasteiger partial charge >= 0.3 is 23.1 Å². The Morgan fingerprint density at radius 2 is 1.08 bits per heavy atom. The number of hydrogen-bond donors (Lipinski definition) is 2. The third-order valence-corrected chi connectivity index (χ3v) is 3.90. The summed E-state index contributed by atoms with van der Waals surface area (Å²) in [5.41, 5.74) is 4.86. The van der Waals surface area contributed by atoms with Crippen LogP contribution >= 0.6 is 0 Å². The Hall–Kier alpha value is -2.23. The molecule has 124 valence electrons. The first kappa shape index (κ1) is 19.1. The number of hydrogen-bond acceptors (Lipinski definition) is 0. The van der Waals surface area contributed by atoms with Gasteiger partial charge in [-0.1, -0.05) is 48.6 Å². The molecule has 0 aliphatic heterocycles. The van der Waals surface area contributed by atoms with Gasteiger partial charge in [0.05, 0.1) is 0 Å². The van der Waals surface area contributed by atoms with Crippen molar-refractivity contribution >= 4 is 44.9 Å². The van der Waals surface area contributed by atoms with Gasteiger partial charge in [-0.15, -0.1) is 13.2 Å².